The second-order valence-electron chi connectivity index (χ2n) is 6.21. The first-order valence-corrected chi connectivity index (χ1v) is 7.07. The Morgan fingerprint density at radius 2 is 1.33 bits per heavy atom. The van der Waals surface area contributed by atoms with Crippen molar-refractivity contribution in [2.45, 2.75) is 52.4 Å². The lowest BCUT2D eigenvalue weighted by Gasteiger charge is -2.38. The van der Waals surface area contributed by atoms with Gasteiger partial charge in [0.15, 0.2) is 0 Å². The molecule has 1 spiro atoms. The molecule has 0 radical (unpaired) electrons. The van der Waals surface area contributed by atoms with E-state index < -0.39 is 0 Å². The first-order valence-electron chi connectivity index (χ1n) is 7.07. The summed E-state index contributed by atoms with van der Waals surface area (Å²) in [5.41, 5.74) is 0. The van der Waals surface area contributed by atoms with E-state index in [9.17, 15) is 0 Å². The van der Waals surface area contributed by atoms with E-state index in [0.29, 0.717) is 0 Å². The van der Waals surface area contributed by atoms with Gasteiger partial charge in [0.05, 0.1) is 26.2 Å². The Morgan fingerprint density at radius 1 is 0.733 bits per heavy atom. The van der Waals surface area contributed by atoms with Gasteiger partial charge in [-0.25, -0.2) is 0 Å². The molecule has 1 nitrogen and oxygen atoms in total. The third-order valence-corrected chi connectivity index (χ3v) is 4.95. The van der Waals surface area contributed by atoms with Crippen LogP contribution in [0.1, 0.15) is 52.4 Å². The smallest absolute Gasteiger partial charge is 0.0815 e. The van der Waals surface area contributed by atoms with Crippen LogP contribution in [-0.4, -0.2) is 30.7 Å². The number of quaternary nitrogens is 1. The summed E-state index contributed by atoms with van der Waals surface area (Å²) >= 11 is 0. The molecule has 2 aliphatic heterocycles. The second kappa shape index (κ2) is 4.86. The molecule has 0 aromatic heterocycles. The van der Waals surface area contributed by atoms with Crippen molar-refractivity contribution in [3.8, 4) is 0 Å². The Hall–Kier alpha value is -0.0400. The summed E-state index contributed by atoms with van der Waals surface area (Å²) < 4.78 is 1.48. The molecule has 2 heterocycles. The molecule has 0 saturated carbocycles. The standard InChI is InChI=1S/C14H28N/c1-13-8-7-11-15(12-14(13)2)9-5-3-4-6-10-15/h13-14H,3-12H2,1-2H3/q+1. The predicted octanol–water partition coefficient (Wildman–Crippen LogP) is 3.44. The van der Waals surface area contributed by atoms with Gasteiger partial charge in [-0.15, -0.1) is 0 Å². The molecular formula is C14H28N+. The molecule has 0 N–H and O–H groups in total. The van der Waals surface area contributed by atoms with Gasteiger partial charge in [-0.1, -0.05) is 13.8 Å². The minimum atomic E-state index is 0.950. The van der Waals surface area contributed by atoms with Crippen molar-refractivity contribution in [3.63, 3.8) is 0 Å². The summed E-state index contributed by atoms with van der Waals surface area (Å²) in [4.78, 5) is 0. The monoisotopic (exact) mass is 210 g/mol. The molecule has 0 aromatic rings. The zero-order chi connectivity index (χ0) is 10.7. The lowest BCUT2D eigenvalue weighted by molar-refractivity contribution is -0.929. The first-order chi connectivity index (χ1) is 7.22. The molecule has 15 heavy (non-hydrogen) atoms. The third-order valence-electron chi connectivity index (χ3n) is 4.95. The van der Waals surface area contributed by atoms with Crippen LogP contribution in [0.2, 0.25) is 0 Å². The third kappa shape index (κ3) is 2.75. The quantitative estimate of drug-likeness (QED) is 0.537. The van der Waals surface area contributed by atoms with Crippen LogP contribution in [0.4, 0.5) is 0 Å². The molecule has 1 heteroatoms. The van der Waals surface area contributed by atoms with Crippen LogP contribution < -0.4 is 0 Å². The van der Waals surface area contributed by atoms with Crippen LogP contribution in [-0.2, 0) is 0 Å². The zero-order valence-electron chi connectivity index (χ0n) is 10.7. The van der Waals surface area contributed by atoms with E-state index in [0.717, 1.165) is 11.8 Å². The van der Waals surface area contributed by atoms with Gasteiger partial charge < -0.3 is 4.48 Å². The average molecular weight is 210 g/mol. The van der Waals surface area contributed by atoms with Crippen molar-refractivity contribution >= 4 is 0 Å². The molecule has 0 aromatic carbocycles. The normalized spacial score (nSPS) is 37.2. The highest BCUT2D eigenvalue weighted by Gasteiger charge is 2.34. The lowest BCUT2D eigenvalue weighted by atomic mass is 9.93. The SMILES string of the molecule is CC1CCC[N+]2(CCCCCC2)CC1C. The van der Waals surface area contributed by atoms with Gasteiger partial charge in [-0.3, -0.25) is 0 Å². The van der Waals surface area contributed by atoms with E-state index >= 15 is 0 Å². The summed E-state index contributed by atoms with van der Waals surface area (Å²) in [6.07, 6.45) is 8.91. The van der Waals surface area contributed by atoms with Crippen molar-refractivity contribution in [1.29, 1.82) is 0 Å². The maximum Gasteiger partial charge on any atom is 0.0815 e. The van der Waals surface area contributed by atoms with Crippen LogP contribution in [0.3, 0.4) is 0 Å². The van der Waals surface area contributed by atoms with Crippen LogP contribution in [0.5, 0.6) is 0 Å². The molecule has 2 aliphatic rings. The number of nitrogens with zero attached hydrogens (tertiary/aromatic N) is 1. The Balaban J connectivity index is 2.04. The van der Waals surface area contributed by atoms with E-state index in [2.05, 4.69) is 13.8 Å². The van der Waals surface area contributed by atoms with Crippen LogP contribution in [0.15, 0.2) is 0 Å². The Bertz CT molecular complexity index is 192. The van der Waals surface area contributed by atoms with E-state index in [-0.39, 0.29) is 0 Å². The van der Waals surface area contributed by atoms with Gasteiger partial charge in [0.25, 0.3) is 0 Å². The van der Waals surface area contributed by atoms with Gasteiger partial charge in [-0.05, 0) is 44.4 Å². The molecule has 88 valence electrons. The fourth-order valence-electron chi connectivity index (χ4n) is 3.68. The lowest BCUT2D eigenvalue weighted by Crippen LogP contribution is -2.51. The largest absolute Gasteiger partial charge is 0.323 e. The highest BCUT2D eigenvalue weighted by Crippen LogP contribution is 2.29. The van der Waals surface area contributed by atoms with E-state index in [1.54, 1.807) is 0 Å². The molecule has 2 unspecified atom stereocenters. The van der Waals surface area contributed by atoms with E-state index in [1.165, 1.54) is 69.2 Å². The highest BCUT2D eigenvalue weighted by molar-refractivity contribution is 4.68. The van der Waals surface area contributed by atoms with Crippen LogP contribution in [0, 0.1) is 11.8 Å². The highest BCUT2D eigenvalue weighted by atomic mass is 15.4. The van der Waals surface area contributed by atoms with Crippen molar-refractivity contribution in [2.75, 3.05) is 26.2 Å². The van der Waals surface area contributed by atoms with Crippen LogP contribution >= 0.6 is 0 Å². The number of rotatable bonds is 0. The number of hydrogen-bond donors (Lipinski definition) is 0. The molecule has 0 aliphatic carbocycles. The molecule has 0 bridgehead atoms. The van der Waals surface area contributed by atoms with Gasteiger partial charge in [0.1, 0.15) is 0 Å². The Labute approximate surface area is 95.4 Å². The maximum absolute atomic E-state index is 2.49. The predicted molar refractivity (Wildman–Crippen MR) is 65.8 cm³/mol. The fraction of sp³-hybridized carbons (Fsp3) is 1.00. The maximum atomic E-state index is 2.49. The molecular weight excluding hydrogens is 182 g/mol. The summed E-state index contributed by atoms with van der Waals surface area (Å²) in [6, 6.07) is 0. The Kier molecular flexibility index (Phi) is 3.71. The van der Waals surface area contributed by atoms with Crippen LogP contribution in [0.25, 0.3) is 0 Å². The van der Waals surface area contributed by atoms with E-state index in [1.807, 2.05) is 0 Å². The topological polar surface area (TPSA) is 0 Å². The summed E-state index contributed by atoms with van der Waals surface area (Å²) in [5.74, 6) is 1.91. The minimum Gasteiger partial charge on any atom is -0.323 e. The molecule has 2 rings (SSSR count). The minimum absolute atomic E-state index is 0.950. The van der Waals surface area contributed by atoms with Gasteiger partial charge in [0, 0.05) is 5.92 Å². The van der Waals surface area contributed by atoms with Gasteiger partial charge in [-0.2, -0.15) is 0 Å². The van der Waals surface area contributed by atoms with Gasteiger partial charge in [0.2, 0.25) is 0 Å². The van der Waals surface area contributed by atoms with Crippen molar-refractivity contribution < 1.29 is 4.48 Å². The van der Waals surface area contributed by atoms with Crippen molar-refractivity contribution in [2.24, 2.45) is 11.8 Å². The molecule has 2 fully saturated rings. The Morgan fingerprint density at radius 3 is 2.00 bits per heavy atom. The van der Waals surface area contributed by atoms with E-state index in [4.69, 9.17) is 0 Å². The molecule has 2 atom stereocenters. The van der Waals surface area contributed by atoms with Crippen molar-refractivity contribution in [3.05, 3.63) is 0 Å². The summed E-state index contributed by atoms with van der Waals surface area (Å²) in [6.45, 7) is 10.9. The zero-order valence-corrected chi connectivity index (χ0v) is 10.7. The molecule has 2 saturated heterocycles. The molecule has 0 amide bonds. The van der Waals surface area contributed by atoms with Gasteiger partial charge >= 0.3 is 0 Å². The second-order valence-corrected chi connectivity index (χ2v) is 6.21. The average Bonchev–Trinajstić information content (AvgIpc) is 2.50. The fourth-order valence-corrected chi connectivity index (χ4v) is 3.68. The first kappa shape index (κ1) is 11.4. The summed E-state index contributed by atoms with van der Waals surface area (Å²) in [7, 11) is 0. The summed E-state index contributed by atoms with van der Waals surface area (Å²) in [5, 5.41) is 0. The number of hydrogen-bond acceptors (Lipinski definition) is 0. The van der Waals surface area contributed by atoms with Crippen molar-refractivity contribution in [1.82, 2.24) is 0 Å².